The third kappa shape index (κ3) is 3.48. The number of hydrogen-bond donors (Lipinski definition) is 1. The van der Waals surface area contributed by atoms with E-state index in [1.165, 1.54) is 0 Å². The first kappa shape index (κ1) is 13.9. The first-order valence-electron chi connectivity index (χ1n) is 6.57. The van der Waals surface area contributed by atoms with Crippen molar-refractivity contribution >= 4 is 11.4 Å². The molecule has 0 fully saturated rings. The molecule has 2 N–H and O–H groups in total. The van der Waals surface area contributed by atoms with Gasteiger partial charge in [0.25, 0.3) is 0 Å². The standard InChI is InChI=1S/C16H18N4/c1-13-5-6-15(18)10-16(13)20(9-3-7-17)12-14-4-2-8-19-11-14/h2,4-6,8,10-11H,3,9,12,18H2,1H3. The number of pyridine rings is 1. The molecule has 0 spiro atoms. The smallest absolute Gasteiger partial charge is 0.0640 e. The Kier molecular flexibility index (Phi) is 4.56. The van der Waals surface area contributed by atoms with Crippen molar-refractivity contribution in [1.29, 1.82) is 5.26 Å². The minimum absolute atomic E-state index is 0.481. The Balaban J connectivity index is 2.27. The van der Waals surface area contributed by atoms with Crippen LogP contribution in [0.15, 0.2) is 42.7 Å². The second-order valence-corrected chi connectivity index (χ2v) is 4.74. The average Bonchev–Trinajstić information content (AvgIpc) is 2.47. The molecule has 0 aliphatic rings. The number of nitriles is 1. The number of aromatic nitrogens is 1. The van der Waals surface area contributed by atoms with E-state index in [4.69, 9.17) is 11.0 Å². The molecule has 0 bridgehead atoms. The van der Waals surface area contributed by atoms with Gasteiger partial charge in [0.2, 0.25) is 0 Å². The molecule has 0 radical (unpaired) electrons. The molecule has 0 amide bonds. The molecule has 102 valence electrons. The predicted octanol–water partition coefficient (Wildman–Crippen LogP) is 2.89. The van der Waals surface area contributed by atoms with Crippen LogP contribution in [0.3, 0.4) is 0 Å². The van der Waals surface area contributed by atoms with Gasteiger partial charge in [0, 0.05) is 36.9 Å². The maximum Gasteiger partial charge on any atom is 0.0640 e. The van der Waals surface area contributed by atoms with Crippen molar-refractivity contribution in [3.8, 4) is 6.07 Å². The van der Waals surface area contributed by atoms with Crippen LogP contribution < -0.4 is 10.6 Å². The molecule has 4 heteroatoms. The lowest BCUT2D eigenvalue weighted by Crippen LogP contribution is -2.24. The van der Waals surface area contributed by atoms with E-state index in [9.17, 15) is 0 Å². The summed E-state index contributed by atoms with van der Waals surface area (Å²) in [6.45, 7) is 3.45. The van der Waals surface area contributed by atoms with Crippen molar-refractivity contribution in [2.45, 2.75) is 19.9 Å². The highest BCUT2D eigenvalue weighted by atomic mass is 15.1. The molecule has 0 atom stereocenters. The first-order valence-corrected chi connectivity index (χ1v) is 6.57. The van der Waals surface area contributed by atoms with Crippen molar-refractivity contribution in [3.05, 3.63) is 53.9 Å². The van der Waals surface area contributed by atoms with Gasteiger partial charge in [-0.1, -0.05) is 12.1 Å². The molecule has 0 aliphatic carbocycles. The van der Waals surface area contributed by atoms with Crippen LogP contribution in [0.5, 0.6) is 0 Å². The van der Waals surface area contributed by atoms with Crippen molar-refractivity contribution < 1.29 is 0 Å². The largest absolute Gasteiger partial charge is 0.399 e. The molecule has 2 rings (SSSR count). The number of aryl methyl sites for hydroxylation is 1. The number of nitrogen functional groups attached to an aromatic ring is 1. The molecule has 1 aromatic heterocycles. The molecule has 1 aromatic carbocycles. The summed E-state index contributed by atoms with van der Waals surface area (Å²) in [7, 11) is 0. The molecular formula is C16H18N4. The van der Waals surface area contributed by atoms with Crippen LogP contribution in [0.25, 0.3) is 0 Å². The lowest BCUT2D eigenvalue weighted by molar-refractivity contribution is 0.792. The van der Waals surface area contributed by atoms with E-state index in [1.807, 2.05) is 36.5 Å². The highest BCUT2D eigenvalue weighted by molar-refractivity contribution is 5.61. The van der Waals surface area contributed by atoms with Gasteiger partial charge in [-0.2, -0.15) is 5.26 Å². The molecular weight excluding hydrogens is 248 g/mol. The van der Waals surface area contributed by atoms with Gasteiger partial charge in [-0.15, -0.1) is 0 Å². The number of anilines is 2. The van der Waals surface area contributed by atoms with Gasteiger partial charge in [-0.25, -0.2) is 0 Å². The Morgan fingerprint density at radius 2 is 2.20 bits per heavy atom. The number of nitrogens with two attached hydrogens (primary N) is 1. The van der Waals surface area contributed by atoms with Crippen molar-refractivity contribution in [3.63, 3.8) is 0 Å². The topological polar surface area (TPSA) is 65.9 Å². The van der Waals surface area contributed by atoms with Crippen LogP contribution in [-0.2, 0) is 6.54 Å². The number of nitrogens with zero attached hydrogens (tertiary/aromatic N) is 3. The predicted molar refractivity (Wildman–Crippen MR) is 81.1 cm³/mol. The van der Waals surface area contributed by atoms with E-state index >= 15 is 0 Å². The fourth-order valence-electron chi connectivity index (χ4n) is 2.15. The summed E-state index contributed by atoms with van der Waals surface area (Å²) >= 11 is 0. The Morgan fingerprint density at radius 3 is 2.90 bits per heavy atom. The summed E-state index contributed by atoms with van der Waals surface area (Å²) in [4.78, 5) is 6.31. The summed E-state index contributed by atoms with van der Waals surface area (Å²) in [5.41, 5.74) is 9.96. The Labute approximate surface area is 119 Å². The van der Waals surface area contributed by atoms with E-state index in [0.29, 0.717) is 13.0 Å². The van der Waals surface area contributed by atoms with Crippen LogP contribution in [0.4, 0.5) is 11.4 Å². The second-order valence-electron chi connectivity index (χ2n) is 4.74. The molecule has 0 saturated carbocycles. The van der Waals surface area contributed by atoms with Crippen LogP contribution in [0.2, 0.25) is 0 Å². The second kappa shape index (κ2) is 6.58. The zero-order valence-corrected chi connectivity index (χ0v) is 11.6. The van der Waals surface area contributed by atoms with Crippen LogP contribution in [0, 0.1) is 18.3 Å². The van der Waals surface area contributed by atoms with E-state index in [1.54, 1.807) is 6.20 Å². The zero-order chi connectivity index (χ0) is 14.4. The van der Waals surface area contributed by atoms with Crippen molar-refractivity contribution in [1.82, 2.24) is 4.98 Å². The maximum atomic E-state index is 8.84. The van der Waals surface area contributed by atoms with E-state index in [2.05, 4.69) is 22.9 Å². The lowest BCUT2D eigenvalue weighted by Gasteiger charge is -2.26. The summed E-state index contributed by atoms with van der Waals surface area (Å²) in [5.74, 6) is 0. The molecule has 0 saturated heterocycles. The summed E-state index contributed by atoms with van der Waals surface area (Å²) in [6, 6.07) is 12.0. The monoisotopic (exact) mass is 266 g/mol. The zero-order valence-electron chi connectivity index (χ0n) is 11.6. The molecule has 2 aromatic rings. The number of rotatable bonds is 5. The van der Waals surface area contributed by atoms with E-state index < -0.39 is 0 Å². The van der Waals surface area contributed by atoms with Gasteiger partial charge < -0.3 is 10.6 Å². The molecule has 20 heavy (non-hydrogen) atoms. The Hall–Kier alpha value is -2.54. The minimum atomic E-state index is 0.481. The van der Waals surface area contributed by atoms with Crippen LogP contribution >= 0.6 is 0 Å². The number of hydrogen-bond acceptors (Lipinski definition) is 4. The molecule has 1 heterocycles. The highest BCUT2D eigenvalue weighted by Gasteiger charge is 2.10. The third-order valence-electron chi connectivity index (χ3n) is 3.16. The van der Waals surface area contributed by atoms with Gasteiger partial charge in [0.1, 0.15) is 0 Å². The van der Waals surface area contributed by atoms with Crippen LogP contribution in [-0.4, -0.2) is 11.5 Å². The quantitative estimate of drug-likeness (QED) is 0.845. The molecule has 0 aliphatic heterocycles. The van der Waals surface area contributed by atoms with Gasteiger partial charge in [-0.3, -0.25) is 4.98 Å². The van der Waals surface area contributed by atoms with Crippen molar-refractivity contribution in [2.75, 3.05) is 17.2 Å². The van der Waals surface area contributed by atoms with Crippen molar-refractivity contribution in [2.24, 2.45) is 0 Å². The van der Waals surface area contributed by atoms with Gasteiger partial charge in [0.05, 0.1) is 12.5 Å². The highest BCUT2D eigenvalue weighted by Crippen LogP contribution is 2.24. The Bertz CT molecular complexity index is 602. The van der Waals surface area contributed by atoms with E-state index in [0.717, 1.165) is 29.0 Å². The lowest BCUT2D eigenvalue weighted by atomic mass is 10.1. The summed E-state index contributed by atoms with van der Waals surface area (Å²) in [6.07, 6.45) is 4.09. The number of benzene rings is 1. The normalized spacial score (nSPS) is 10.0. The summed E-state index contributed by atoms with van der Waals surface area (Å²) in [5, 5.41) is 8.84. The van der Waals surface area contributed by atoms with Crippen LogP contribution in [0.1, 0.15) is 17.5 Å². The average molecular weight is 266 g/mol. The van der Waals surface area contributed by atoms with Gasteiger partial charge in [0.15, 0.2) is 0 Å². The van der Waals surface area contributed by atoms with Gasteiger partial charge in [-0.05, 0) is 36.2 Å². The fourth-order valence-corrected chi connectivity index (χ4v) is 2.15. The third-order valence-corrected chi connectivity index (χ3v) is 3.16. The maximum absolute atomic E-state index is 8.84. The SMILES string of the molecule is Cc1ccc(N)cc1N(CCC#N)Cc1cccnc1. The summed E-state index contributed by atoms with van der Waals surface area (Å²) < 4.78 is 0. The molecule has 4 nitrogen and oxygen atoms in total. The van der Waals surface area contributed by atoms with E-state index in [-0.39, 0.29) is 0 Å². The minimum Gasteiger partial charge on any atom is -0.399 e. The van der Waals surface area contributed by atoms with Gasteiger partial charge >= 0.3 is 0 Å². The molecule has 0 unspecified atom stereocenters. The Morgan fingerprint density at radius 1 is 1.35 bits per heavy atom. The first-order chi connectivity index (χ1) is 9.70. The fraction of sp³-hybridized carbons (Fsp3) is 0.250.